The molecule has 3 nitrogen and oxygen atoms in total. The molecule has 0 fully saturated rings. The maximum absolute atomic E-state index is 13.6. The lowest BCUT2D eigenvalue weighted by molar-refractivity contribution is -0.122. The average Bonchev–Trinajstić information content (AvgIpc) is 2.51. The number of halogens is 2. The maximum Gasteiger partial charge on any atom is 0.265 e. The van der Waals surface area contributed by atoms with Crippen LogP contribution in [0.4, 0.5) is 14.5 Å². The molecule has 1 amide bonds. The Balaban J connectivity index is 2.12. The van der Waals surface area contributed by atoms with E-state index in [1.165, 1.54) is 13.0 Å². The Kier molecular flexibility index (Phi) is 5.32. The number of amides is 1. The van der Waals surface area contributed by atoms with Crippen LogP contribution in [0.25, 0.3) is 0 Å². The van der Waals surface area contributed by atoms with E-state index in [0.29, 0.717) is 5.75 Å². The van der Waals surface area contributed by atoms with Crippen LogP contribution in [0.15, 0.2) is 42.5 Å². The Morgan fingerprint density at radius 2 is 1.61 bits per heavy atom. The Bertz CT molecular complexity index is 681. The highest BCUT2D eigenvalue weighted by molar-refractivity contribution is 5.94. The van der Waals surface area contributed by atoms with E-state index in [1.54, 1.807) is 6.07 Å². The van der Waals surface area contributed by atoms with E-state index < -0.39 is 29.3 Å². The molecule has 0 aliphatic carbocycles. The van der Waals surface area contributed by atoms with Gasteiger partial charge in [0.2, 0.25) is 0 Å². The molecule has 122 valence electrons. The van der Waals surface area contributed by atoms with Crippen molar-refractivity contribution in [2.24, 2.45) is 0 Å². The fourth-order valence-corrected chi connectivity index (χ4v) is 2.15. The van der Waals surface area contributed by atoms with Gasteiger partial charge in [0.1, 0.15) is 23.1 Å². The summed E-state index contributed by atoms with van der Waals surface area (Å²) in [7, 11) is 0. The lowest BCUT2D eigenvalue weighted by atomic mass is 10.0. The van der Waals surface area contributed by atoms with Crippen LogP contribution in [0, 0.1) is 11.6 Å². The first-order valence-electron chi connectivity index (χ1n) is 7.40. The number of hydrogen-bond donors (Lipinski definition) is 1. The molecule has 5 heteroatoms. The van der Waals surface area contributed by atoms with Gasteiger partial charge in [-0.3, -0.25) is 4.79 Å². The first-order chi connectivity index (χ1) is 10.9. The van der Waals surface area contributed by atoms with Crippen molar-refractivity contribution in [2.45, 2.75) is 32.8 Å². The monoisotopic (exact) mass is 319 g/mol. The summed E-state index contributed by atoms with van der Waals surface area (Å²) in [5.41, 5.74) is 0.495. The second kappa shape index (κ2) is 7.22. The highest BCUT2D eigenvalue weighted by atomic mass is 19.1. The zero-order valence-corrected chi connectivity index (χ0v) is 13.3. The van der Waals surface area contributed by atoms with E-state index in [1.807, 2.05) is 32.0 Å². The molecule has 23 heavy (non-hydrogen) atoms. The summed E-state index contributed by atoms with van der Waals surface area (Å²) in [6, 6.07) is 10.8. The normalized spacial score (nSPS) is 12.1. The van der Waals surface area contributed by atoms with Crippen LogP contribution >= 0.6 is 0 Å². The van der Waals surface area contributed by atoms with Crippen molar-refractivity contribution in [1.82, 2.24) is 0 Å². The molecule has 1 N–H and O–H groups in total. The molecule has 0 spiro atoms. The Labute approximate surface area is 134 Å². The number of carbonyl (C=O) groups is 1. The average molecular weight is 319 g/mol. The zero-order valence-electron chi connectivity index (χ0n) is 13.3. The summed E-state index contributed by atoms with van der Waals surface area (Å²) in [5, 5.41) is 2.23. The number of anilines is 1. The van der Waals surface area contributed by atoms with Gasteiger partial charge in [-0.05, 0) is 36.6 Å². The van der Waals surface area contributed by atoms with Gasteiger partial charge in [-0.2, -0.15) is 0 Å². The molecule has 0 aromatic heterocycles. The van der Waals surface area contributed by atoms with Gasteiger partial charge in [0.05, 0.1) is 0 Å². The molecular weight excluding hydrogens is 300 g/mol. The Hall–Kier alpha value is -2.43. The molecule has 0 saturated heterocycles. The predicted molar refractivity (Wildman–Crippen MR) is 85.6 cm³/mol. The number of ether oxygens (including phenoxy) is 1. The van der Waals surface area contributed by atoms with E-state index in [-0.39, 0.29) is 5.92 Å². The van der Waals surface area contributed by atoms with Gasteiger partial charge in [-0.25, -0.2) is 8.78 Å². The number of benzene rings is 2. The molecule has 0 aliphatic heterocycles. The van der Waals surface area contributed by atoms with Crippen molar-refractivity contribution in [3.63, 3.8) is 0 Å². The lowest BCUT2D eigenvalue weighted by Crippen LogP contribution is -2.31. The second-order valence-electron chi connectivity index (χ2n) is 5.54. The number of para-hydroxylation sites is 2. The van der Waals surface area contributed by atoms with E-state index >= 15 is 0 Å². The van der Waals surface area contributed by atoms with E-state index in [9.17, 15) is 13.6 Å². The minimum atomic E-state index is -0.895. The molecule has 1 unspecified atom stereocenters. The summed E-state index contributed by atoms with van der Waals surface area (Å²) in [6.45, 7) is 5.56. The van der Waals surface area contributed by atoms with Crippen molar-refractivity contribution in [1.29, 1.82) is 0 Å². The predicted octanol–water partition coefficient (Wildman–Crippen LogP) is 4.49. The van der Waals surface area contributed by atoms with Gasteiger partial charge in [-0.1, -0.05) is 38.1 Å². The maximum atomic E-state index is 13.6. The highest BCUT2D eigenvalue weighted by Crippen LogP contribution is 2.27. The van der Waals surface area contributed by atoms with Crippen LogP contribution in [0.1, 0.15) is 32.3 Å². The van der Waals surface area contributed by atoms with Crippen molar-refractivity contribution in [3.8, 4) is 5.75 Å². The van der Waals surface area contributed by atoms with E-state index in [2.05, 4.69) is 5.32 Å². The van der Waals surface area contributed by atoms with Crippen LogP contribution in [0.2, 0.25) is 0 Å². The van der Waals surface area contributed by atoms with Crippen LogP contribution in [0.5, 0.6) is 5.75 Å². The van der Waals surface area contributed by atoms with Crippen molar-refractivity contribution >= 4 is 11.6 Å². The van der Waals surface area contributed by atoms with E-state index in [0.717, 1.165) is 17.7 Å². The van der Waals surface area contributed by atoms with Crippen LogP contribution in [-0.2, 0) is 4.79 Å². The third-order valence-corrected chi connectivity index (χ3v) is 3.42. The second-order valence-corrected chi connectivity index (χ2v) is 5.54. The summed E-state index contributed by atoms with van der Waals surface area (Å²) in [4.78, 5) is 12.1. The number of carbonyl (C=O) groups excluding carboxylic acids is 1. The third kappa shape index (κ3) is 4.06. The van der Waals surface area contributed by atoms with Gasteiger partial charge in [-0.15, -0.1) is 0 Å². The van der Waals surface area contributed by atoms with Gasteiger partial charge in [0, 0.05) is 0 Å². The SMILES string of the molecule is CC(Oc1ccccc1C(C)C)C(=O)Nc1c(F)cccc1F. The molecule has 2 rings (SSSR count). The first-order valence-corrected chi connectivity index (χ1v) is 7.40. The minimum Gasteiger partial charge on any atom is -0.481 e. The number of nitrogens with one attached hydrogen (secondary N) is 1. The Morgan fingerprint density at radius 1 is 1.00 bits per heavy atom. The van der Waals surface area contributed by atoms with Crippen LogP contribution in [-0.4, -0.2) is 12.0 Å². The molecule has 0 saturated carbocycles. The van der Waals surface area contributed by atoms with Crippen molar-refractivity contribution in [2.75, 3.05) is 5.32 Å². The number of rotatable bonds is 5. The Morgan fingerprint density at radius 3 is 2.22 bits per heavy atom. The standard InChI is InChI=1S/C18H19F2NO2/c1-11(2)13-7-4-5-10-16(13)23-12(3)18(22)21-17-14(19)8-6-9-15(17)20/h4-12H,1-3H3,(H,21,22). The molecule has 2 aromatic carbocycles. The summed E-state index contributed by atoms with van der Waals surface area (Å²) < 4.78 is 32.8. The molecule has 0 radical (unpaired) electrons. The fraction of sp³-hybridized carbons (Fsp3) is 0.278. The lowest BCUT2D eigenvalue weighted by Gasteiger charge is -2.19. The van der Waals surface area contributed by atoms with Gasteiger partial charge in [0.15, 0.2) is 6.10 Å². The highest BCUT2D eigenvalue weighted by Gasteiger charge is 2.20. The molecular formula is C18H19F2NO2. The smallest absolute Gasteiger partial charge is 0.265 e. The van der Waals surface area contributed by atoms with Crippen LogP contribution < -0.4 is 10.1 Å². The van der Waals surface area contributed by atoms with Gasteiger partial charge < -0.3 is 10.1 Å². The van der Waals surface area contributed by atoms with Crippen LogP contribution in [0.3, 0.4) is 0 Å². The van der Waals surface area contributed by atoms with Gasteiger partial charge >= 0.3 is 0 Å². The molecule has 1 atom stereocenters. The minimum absolute atomic E-state index is 0.227. The molecule has 0 aliphatic rings. The summed E-state index contributed by atoms with van der Waals surface area (Å²) in [6.07, 6.45) is -0.895. The molecule has 0 heterocycles. The third-order valence-electron chi connectivity index (χ3n) is 3.42. The number of hydrogen-bond acceptors (Lipinski definition) is 2. The topological polar surface area (TPSA) is 38.3 Å². The first kappa shape index (κ1) is 16.9. The van der Waals surface area contributed by atoms with Gasteiger partial charge in [0.25, 0.3) is 5.91 Å². The quantitative estimate of drug-likeness (QED) is 0.881. The fourth-order valence-electron chi connectivity index (χ4n) is 2.15. The summed E-state index contributed by atoms with van der Waals surface area (Å²) >= 11 is 0. The van der Waals surface area contributed by atoms with Crippen molar-refractivity contribution < 1.29 is 18.3 Å². The van der Waals surface area contributed by atoms with Crippen molar-refractivity contribution in [3.05, 3.63) is 59.7 Å². The largest absolute Gasteiger partial charge is 0.481 e. The zero-order chi connectivity index (χ0) is 17.0. The van der Waals surface area contributed by atoms with E-state index in [4.69, 9.17) is 4.74 Å². The summed E-state index contributed by atoms with van der Waals surface area (Å²) in [5.74, 6) is -1.46. The molecule has 0 bridgehead atoms. The molecule has 2 aromatic rings.